The highest BCUT2D eigenvalue weighted by molar-refractivity contribution is 5.57. The monoisotopic (exact) mass is 277 g/mol. The maximum Gasteiger partial charge on any atom is 0.146 e. The summed E-state index contributed by atoms with van der Waals surface area (Å²) in [6.07, 6.45) is 4.35. The van der Waals surface area contributed by atoms with Crippen LogP contribution in [0.2, 0.25) is 0 Å². The summed E-state index contributed by atoms with van der Waals surface area (Å²) in [4.78, 5) is 4.18. The van der Waals surface area contributed by atoms with Gasteiger partial charge in [-0.2, -0.15) is 0 Å². The van der Waals surface area contributed by atoms with E-state index in [0.29, 0.717) is 11.7 Å². The smallest absolute Gasteiger partial charge is 0.146 e. The molecule has 1 saturated heterocycles. The molecule has 2 heterocycles. The lowest BCUT2D eigenvalue weighted by atomic mass is 9.94. The molecule has 0 spiro atoms. The van der Waals surface area contributed by atoms with Gasteiger partial charge in [0.25, 0.3) is 0 Å². The van der Waals surface area contributed by atoms with E-state index < -0.39 is 11.6 Å². The fraction of sp³-hybridized carbons (Fsp3) is 0.400. The minimum absolute atomic E-state index is 0.0387. The molecule has 1 aromatic carbocycles. The van der Waals surface area contributed by atoms with Crippen molar-refractivity contribution in [3.05, 3.63) is 42.2 Å². The van der Waals surface area contributed by atoms with Gasteiger partial charge >= 0.3 is 0 Å². The van der Waals surface area contributed by atoms with E-state index in [2.05, 4.69) is 17.2 Å². The van der Waals surface area contributed by atoms with E-state index in [-0.39, 0.29) is 11.6 Å². The van der Waals surface area contributed by atoms with Crippen molar-refractivity contribution in [3.8, 4) is 11.4 Å². The maximum absolute atomic E-state index is 14.0. The molecule has 0 saturated carbocycles. The fourth-order valence-electron chi connectivity index (χ4n) is 2.90. The average Bonchev–Trinajstić information content (AvgIpc) is 2.88. The zero-order chi connectivity index (χ0) is 14.1. The Balaban J connectivity index is 2.06. The number of nitrogens with one attached hydrogen (secondary N) is 1. The van der Waals surface area contributed by atoms with Crippen LogP contribution in [-0.2, 0) is 0 Å². The average molecular weight is 277 g/mol. The summed E-state index contributed by atoms with van der Waals surface area (Å²) in [5.41, 5.74) is -0.0387. The molecule has 0 radical (unpaired) electrons. The zero-order valence-electron chi connectivity index (χ0n) is 11.3. The number of nitrogens with zero attached hydrogens (tertiary/aromatic N) is 2. The first-order valence-corrected chi connectivity index (χ1v) is 6.86. The summed E-state index contributed by atoms with van der Waals surface area (Å²) in [6, 6.07) is 4.12. The largest absolute Gasteiger partial charge is 0.327 e. The number of rotatable bonds is 2. The van der Waals surface area contributed by atoms with Crippen LogP contribution in [0.15, 0.2) is 30.6 Å². The first-order valence-electron chi connectivity index (χ1n) is 6.86. The molecule has 0 aliphatic carbocycles. The standard InChI is InChI=1S/C15H17F2N3/c1-10-9-18-6-5-13(10)20-8-7-19-15(20)14-11(16)3-2-4-12(14)17/h2-4,7-8,10,13,18H,5-6,9H2,1H3/t10-,13+/m1/s1. The maximum atomic E-state index is 14.0. The van der Waals surface area contributed by atoms with Gasteiger partial charge in [-0.15, -0.1) is 0 Å². The first kappa shape index (κ1) is 13.2. The molecule has 2 atom stereocenters. The number of hydrogen-bond donors (Lipinski definition) is 1. The molecule has 20 heavy (non-hydrogen) atoms. The lowest BCUT2D eigenvalue weighted by Gasteiger charge is -2.31. The quantitative estimate of drug-likeness (QED) is 0.914. The molecule has 0 bridgehead atoms. The summed E-state index contributed by atoms with van der Waals surface area (Å²) < 4.78 is 29.8. The molecular weight excluding hydrogens is 260 g/mol. The van der Waals surface area contributed by atoms with Crippen LogP contribution in [0.3, 0.4) is 0 Å². The Morgan fingerprint density at radius 3 is 2.75 bits per heavy atom. The molecule has 5 heteroatoms. The highest BCUT2D eigenvalue weighted by atomic mass is 19.1. The van der Waals surface area contributed by atoms with E-state index in [1.165, 1.54) is 18.2 Å². The Kier molecular flexibility index (Phi) is 3.53. The van der Waals surface area contributed by atoms with Crippen LogP contribution in [0.4, 0.5) is 8.78 Å². The van der Waals surface area contributed by atoms with Gasteiger partial charge in [0.2, 0.25) is 0 Å². The third kappa shape index (κ3) is 2.22. The normalized spacial score (nSPS) is 22.9. The van der Waals surface area contributed by atoms with Crippen molar-refractivity contribution in [2.75, 3.05) is 13.1 Å². The molecule has 2 aromatic rings. The third-order valence-electron chi connectivity index (χ3n) is 3.95. The van der Waals surface area contributed by atoms with Gasteiger partial charge < -0.3 is 9.88 Å². The zero-order valence-corrected chi connectivity index (χ0v) is 11.3. The Morgan fingerprint density at radius 1 is 1.30 bits per heavy atom. The summed E-state index contributed by atoms with van der Waals surface area (Å²) in [6.45, 7) is 3.95. The summed E-state index contributed by atoms with van der Waals surface area (Å²) in [5.74, 6) is -0.371. The highest BCUT2D eigenvalue weighted by Crippen LogP contribution is 2.31. The third-order valence-corrected chi connectivity index (χ3v) is 3.95. The van der Waals surface area contributed by atoms with Crippen LogP contribution in [-0.4, -0.2) is 22.6 Å². The second-order valence-corrected chi connectivity index (χ2v) is 5.29. The van der Waals surface area contributed by atoms with Crippen LogP contribution in [0, 0.1) is 17.6 Å². The van der Waals surface area contributed by atoms with E-state index >= 15 is 0 Å². The fourth-order valence-corrected chi connectivity index (χ4v) is 2.90. The van der Waals surface area contributed by atoms with Crippen LogP contribution in [0.1, 0.15) is 19.4 Å². The van der Waals surface area contributed by atoms with Crippen LogP contribution in [0.25, 0.3) is 11.4 Å². The minimum Gasteiger partial charge on any atom is -0.327 e. The SMILES string of the molecule is C[C@@H]1CNCC[C@@H]1n1ccnc1-c1c(F)cccc1F. The van der Waals surface area contributed by atoms with Gasteiger partial charge in [0.05, 0.1) is 5.56 Å². The van der Waals surface area contributed by atoms with Crippen molar-refractivity contribution in [1.29, 1.82) is 0 Å². The molecule has 1 fully saturated rings. The number of imidazole rings is 1. The molecule has 0 unspecified atom stereocenters. The Morgan fingerprint density at radius 2 is 2.05 bits per heavy atom. The highest BCUT2D eigenvalue weighted by Gasteiger charge is 2.26. The molecule has 1 aliphatic heterocycles. The second-order valence-electron chi connectivity index (χ2n) is 5.29. The van der Waals surface area contributed by atoms with Gasteiger partial charge in [0.15, 0.2) is 0 Å². The number of benzene rings is 1. The Hall–Kier alpha value is -1.75. The lowest BCUT2D eigenvalue weighted by molar-refractivity contribution is 0.275. The van der Waals surface area contributed by atoms with Crippen molar-refractivity contribution < 1.29 is 8.78 Å². The minimum atomic E-state index is -0.570. The molecular formula is C15H17F2N3. The number of piperidine rings is 1. The van der Waals surface area contributed by atoms with Gasteiger partial charge in [-0.3, -0.25) is 0 Å². The predicted octanol–water partition coefficient (Wildman–Crippen LogP) is 3.00. The second kappa shape index (κ2) is 5.32. The predicted molar refractivity (Wildman–Crippen MR) is 73.3 cm³/mol. The van der Waals surface area contributed by atoms with Crippen molar-refractivity contribution in [3.63, 3.8) is 0 Å². The van der Waals surface area contributed by atoms with Crippen molar-refractivity contribution in [2.24, 2.45) is 5.92 Å². The van der Waals surface area contributed by atoms with Crippen LogP contribution in [0.5, 0.6) is 0 Å². The van der Waals surface area contributed by atoms with E-state index in [1.807, 2.05) is 10.8 Å². The molecule has 106 valence electrons. The van der Waals surface area contributed by atoms with Gasteiger partial charge in [-0.25, -0.2) is 13.8 Å². The van der Waals surface area contributed by atoms with Crippen molar-refractivity contribution in [2.45, 2.75) is 19.4 Å². The number of hydrogen-bond acceptors (Lipinski definition) is 2. The summed E-state index contributed by atoms with van der Waals surface area (Å²) >= 11 is 0. The topological polar surface area (TPSA) is 29.9 Å². The number of halogens is 2. The van der Waals surface area contributed by atoms with Gasteiger partial charge in [-0.05, 0) is 37.6 Å². The molecule has 3 nitrogen and oxygen atoms in total. The molecule has 0 amide bonds. The molecule has 1 aliphatic rings. The van der Waals surface area contributed by atoms with Gasteiger partial charge in [0, 0.05) is 18.4 Å². The van der Waals surface area contributed by atoms with Crippen LogP contribution < -0.4 is 5.32 Å². The molecule has 3 rings (SSSR count). The summed E-state index contributed by atoms with van der Waals surface area (Å²) in [5, 5.41) is 3.33. The van der Waals surface area contributed by atoms with E-state index in [9.17, 15) is 8.78 Å². The van der Waals surface area contributed by atoms with E-state index in [1.54, 1.807) is 6.20 Å². The first-order chi connectivity index (χ1) is 9.68. The Labute approximate surface area is 116 Å². The molecule has 1 N–H and O–H groups in total. The van der Waals surface area contributed by atoms with Gasteiger partial charge in [0.1, 0.15) is 17.5 Å². The summed E-state index contributed by atoms with van der Waals surface area (Å²) in [7, 11) is 0. The van der Waals surface area contributed by atoms with Gasteiger partial charge in [-0.1, -0.05) is 13.0 Å². The lowest BCUT2D eigenvalue weighted by Crippen LogP contribution is -2.36. The van der Waals surface area contributed by atoms with Crippen molar-refractivity contribution in [1.82, 2.24) is 14.9 Å². The van der Waals surface area contributed by atoms with E-state index in [4.69, 9.17) is 0 Å². The Bertz CT molecular complexity index is 589. The van der Waals surface area contributed by atoms with Crippen molar-refractivity contribution >= 4 is 0 Å². The molecule has 1 aromatic heterocycles. The number of aromatic nitrogens is 2. The van der Waals surface area contributed by atoms with Crippen LogP contribution >= 0.6 is 0 Å². The van der Waals surface area contributed by atoms with E-state index in [0.717, 1.165) is 19.5 Å².